The summed E-state index contributed by atoms with van der Waals surface area (Å²) in [6, 6.07) is 2.35. The molecule has 0 N–H and O–H groups in total. The Hall–Kier alpha value is -2.95. The van der Waals surface area contributed by atoms with Gasteiger partial charge in [-0.25, -0.2) is 14.7 Å². The van der Waals surface area contributed by atoms with Gasteiger partial charge in [0.15, 0.2) is 0 Å². The first-order valence-electron chi connectivity index (χ1n) is 8.84. The summed E-state index contributed by atoms with van der Waals surface area (Å²) >= 11 is 0. The summed E-state index contributed by atoms with van der Waals surface area (Å²) in [6.45, 7) is 2.24. The number of nitriles is 1. The summed E-state index contributed by atoms with van der Waals surface area (Å²) in [6.07, 6.45) is 3.92. The molecule has 4 heterocycles. The number of urea groups is 1. The highest BCUT2D eigenvalue weighted by molar-refractivity contribution is 6.22. The second-order valence-electron chi connectivity index (χ2n) is 7.50. The fourth-order valence-corrected chi connectivity index (χ4v) is 4.51. The lowest BCUT2D eigenvalue weighted by atomic mass is 10.1. The van der Waals surface area contributed by atoms with Gasteiger partial charge in [0.2, 0.25) is 5.91 Å². The van der Waals surface area contributed by atoms with E-state index in [0.717, 1.165) is 17.7 Å². The fourth-order valence-electron chi connectivity index (χ4n) is 4.51. The highest BCUT2D eigenvalue weighted by Gasteiger charge is 2.63. The third-order valence-corrected chi connectivity index (χ3v) is 5.90. The Morgan fingerprint density at radius 3 is 2.77 bits per heavy atom. The highest BCUT2D eigenvalue weighted by Crippen LogP contribution is 2.44. The minimum absolute atomic E-state index is 0.0958. The Bertz CT molecular complexity index is 903. The molecule has 2 bridgehead atoms. The Balaban J connectivity index is 1.47. The van der Waals surface area contributed by atoms with Gasteiger partial charge >= 0.3 is 6.03 Å². The molecule has 0 radical (unpaired) electrons. The van der Waals surface area contributed by atoms with Crippen molar-refractivity contribution in [3.8, 4) is 6.07 Å². The van der Waals surface area contributed by atoms with Gasteiger partial charge < -0.3 is 9.80 Å². The van der Waals surface area contributed by atoms with Crippen molar-refractivity contribution < 1.29 is 14.4 Å². The SMILES string of the molecule is Cc1cc(N2C(=O)C3C4CC(CN4C(=O)C4CC4)N3C2=O)cnc1C#N. The summed E-state index contributed by atoms with van der Waals surface area (Å²) in [5.41, 5.74) is 1.27. The number of amides is 4. The van der Waals surface area contributed by atoms with Crippen molar-refractivity contribution >= 4 is 23.5 Å². The first-order valence-corrected chi connectivity index (χ1v) is 8.84. The number of hydrogen-bond donors (Lipinski definition) is 0. The van der Waals surface area contributed by atoms with E-state index in [1.807, 2.05) is 11.0 Å². The van der Waals surface area contributed by atoms with Crippen LogP contribution in [0.3, 0.4) is 0 Å². The number of anilines is 1. The number of piperazine rings is 1. The van der Waals surface area contributed by atoms with Crippen LogP contribution in [0.15, 0.2) is 12.3 Å². The number of carbonyl (C=O) groups is 3. The van der Waals surface area contributed by atoms with Crippen LogP contribution >= 0.6 is 0 Å². The van der Waals surface area contributed by atoms with E-state index < -0.39 is 6.04 Å². The van der Waals surface area contributed by atoms with Gasteiger partial charge in [-0.1, -0.05) is 0 Å². The number of imide groups is 1. The van der Waals surface area contributed by atoms with Crippen molar-refractivity contribution in [1.29, 1.82) is 5.26 Å². The van der Waals surface area contributed by atoms with Gasteiger partial charge in [-0.05, 0) is 37.8 Å². The van der Waals surface area contributed by atoms with E-state index in [9.17, 15) is 14.4 Å². The summed E-state index contributed by atoms with van der Waals surface area (Å²) in [7, 11) is 0. The molecule has 3 saturated heterocycles. The van der Waals surface area contributed by atoms with Crippen molar-refractivity contribution in [2.75, 3.05) is 11.4 Å². The van der Waals surface area contributed by atoms with Crippen molar-refractivity contribution in [3.05, 3.63) is 23.5 Å². The average Bonchev–Trinajstić information content (AvgIpc) is 3.21. The number of rotatable bonds is 2. The molecule has 3 unspecified atom stereocenters. The first kappa shape index (κ1) is 15.3. The maximum atomic E-state index is 13.0. The number of pyridine rings is 1. The van der Waals surface area contributed by atoms with E-state index in [0.29, 0.717) is 24.2 Å². The third kappa shape index (κ3) is 1.88. The Kier molecular flexibility index (Phi) is 2.97. The number of nitrogens with zero attached hydrogens (tertiary/aromatic N) is 5. The first-order chi connectivity index (χ1) is 12.5. The molecule has 1 saturated carbocycles. The van der Waals surface area contributed by atoms with Gasteiger partial charge in [0.05, 0.1) is 24.0 Å². The van der Waals surface area contributed by atoms with Gasteiger partial charge in [0.25, 0.3) is 5.91 Å². The van der Waals surface area contributed by atoms with E-state index in [1.54, 1.807) is 17.9 Å². The smallest absolute Gasteiger partial charge is 0.332 e. The van der Waals surface area contributed by atoms with Crippen LogP contribution in [0.1, 0.15) is 30.5 Å². The van der Waals surface area contributed by atoms with Gasteiger partial charge in [-0.15, -0.1) is 0 Å². The summed E-state index contributed by atoms with van der Waals surface area (Å²) in [4.78, 5) is 47.1. The summed E-state index contributed by atoms with van der Waals surface area (Å²) < 4.78 is 0. The molecule has 1 aromatic heterocycles. The molecular formula is C18H17N5O3. The molecule has 8 heteroatoms. The van der Waals surface area contributed by atoms with Gasteiger partial charge in [0.1, 0.15) is 17.8 Å². The molecule has 4 aliphatic rings. The lowest BCUT2D eigenvalue weighted by molar-refractivity contribution is -0.136. The molecule has 4 fully saturated rings. The van der Waals surface area contributed by atoms with Crippen molar-refractivity contribution in [2.45, 2.75) is 44.3 Å². The molecule has 0 spiro atoms. The number of aryl methyl sites for hydroxylation is 1. The lowest BCUT2D eigenvalue weighted by Gasteiger charge is -2.35. The zero-order valence-electron chi connectivity index (χ0n) is 14.3. The number of likely N-dealkylation sites (tertiary alicyclic amines) is 1. The Labute approximate surface area is 150 Å². The van der Waals surface area contributed by atoms with E-state index in [2.05, 4.69) is 4.98 Å². The minimum Gasteiger partial charge on any atom is -0.335 e. The number of aromatic nitrogens is 1. The third-order valence-electron chi connectivity index (χ3n) is 5.90. The predicted molar refractivity (Wildman–Crippen MR) is 88.8 cm³/mol. The standard InChI is InChI=1S/C18H17N5O3/c1-9-4-11(7-20-13(9)6-19)23-17(25)15-14-5-12(22(15)18(23)26)8-21(14)16(24)10-2-3-10/h4,7,10,12,14-15H,2-3,5,8H2,1H3. The molecule has 3 atom stereocenters. The van der Waals surface area contributed by atoms with Crippen LogP contribution in [-0.2, 0) is 9.59 Å². The number of hydrogen-bond acceptors (Lipinski definition) is 5. The second kappa shape index (κ2) is 5.04. The van der Waals surface area contributed by atoms with Crippen LogP contribution in [0, 0.1) is 24.2 Å². The van der Waals surface area contributed by atoms with Crippen molar-refractivity contribution in [2.24, 2.45) is 5.92 Å². The Morgan fingerprint density at radius 2 is 2.12 bits per heavy atom. The molecule has 1 aromatic rings. The monoisotopic (exact) mass is 351 g/mol. The maximum Gasteiger partial charge on any atom is 0.332 e. The van der Waals surface area contributed by atoms with Crippen LogP contribution in [0.4, 0.5) is 10.5 Å². The molecule has 4 amide bonds. The molecule has 0 aromatic carbocycles. The normalized spacial score (nSPS) is 29.4. The van der Waals surface area contributed by atoms with E-state index in [4.69, 9.17) is 5.26 Å². The van der Waals surface area contributed by atoms with Gasteiger partial charge in [-0.2, -0.15) is 5.26 Å². The topological polar surface area (TPSA) is 97.6 Å². The van der Waals surface area contributed by atoms with Crippen LogP contribution in [0.25, 0.3) is 0 Å². The van der Waals surface area contributed by atoms with Crippen LogP contribution in [0.2, 0.25) is 0 Å². The molecule has 8 nitrogen and oxygen atoms in total. The molecule has 3 aliphatic heterocycles. The van der Waals surface area contributed by atoms with Gasteiger partial charge in [-0.3, -0.25) is 9.59 Å². The highest BCUT2D eigenvalue weighted by atomic mass is 16.2. The average molecular weight is 351 g/mol. The quantitative estimate of drug-likeness (QED) is 0.734. The van der Waals surface area contributed by atoms with E-state index in [1.165, 1.54) is 6.20 Å². The van der Waals surface area contributed by atoms with E-state index in [-0.39, 0.29) is 41.5 Å². The molecule has 5 rings (SSSR count). The van der Waals surface area contributed by atoms with Crippen LogP contribution in [-0.4, -0.2) is 57.3 Å². The van der Waals surface area contributed by atoms with Crippen molar-refractivity contribution in [1.82, 2.24) is 14.8 Å². The summed E-state index contributed by atoms with van der Waals surface area (Å²) in [5, 5.41) is 9.01. The lowest BCUT2D eigenvalue weighted by Crippen LogP contribution is -2.55. The second-order valence-corrected chi connectivity index (χ2v) is 7.50. The number of fused-ring (bicyclic) bond motifs is 5. The minimum atomic E-state index is -0.597. The van der Waals surface area contributed by atoms with Crippen LogP contribution in [0.5, 0.6) is 0 Å². The maximum absolute atomic E-state index is 13.0. The molecule has 26 heavy (non-hydrogen) atoms. The molecule has 1 aliphatic carbocycles. The van der Waals surface area contributed by atoms with E-state index >= 15 is 0 Å². The van der Waals surface area contributed by atoms with Crippen LogP contribution < -0.4 is 4.90 Å². The van der Waals surface area contributed by atoms with Gasteiger partial charge in [0, 0.05) is 12.5 Å². The Morgan fingerprint density at radius 1 is 1.35 bits per heavy atom. The molecular weight excluding hydrogens is 334 g/mol. The molecule has 132 valence electrons. The van der Waals surface area contributed by atoms with Crippen molar-refractivity contribution in [3.63, 3.8) is 0 Å². The predicted octanol–water partition coefficient (Wildman–Crippen LogP) is 0.792. The zero-order chi connectivity index (χ0) is 18.2. The largest absolute Gasteiger partial charge is 0.335 e. The summed E-state index contributed by atoms with van der Waals surface area (Å²) in [5.74, 6) is -0.0649. The fraction of sp³-hybridized carbons (Fsp3) is 0.500. The number of carbonyl (C=O) groups excluding carboxylic acids is 3. The zero-order valence-corrected chi connectivity index (χ0v) is 14.3.